The molecule has 0 spiro atoms. The lowest BCUT2D eigenvalue weighted by Gasteiger charge is -2.38. The standard InChI is InChI=1S/C16H26N2O2S/c1-12-14(17)6-5-7-15(12)21(19,20)18(4)13-8-10-16(2,3)11-9-13/h5-7,13H,8-11,17H2,1-4H3. The van der Waals surface area contributed by atoms with Crippen LogP contribution in [0.4, 0.5) is 5.69 Å². The molecular weight excluding hydrogens is 284 g/mol. The normalized spacial score (nSPS) is 19.9. The van der Waals surface area contributed by atoms with Crippen LogP contribution in [0.5, 0.6) is 0 Å². The molecule has 21 heavy (non-hydrogen) atoms. The predicted molar refractivity (Wildman–Crippen MR) is 86.6 cm³/mol. The van der Waals surface area contributed by atoms with Gasteiger partial charge in [0, 0.05) is 18.8 Å². The van der Waals surface area contributed by atoms with Crippen molar-refractivity contribution in [2.75, 3.05) is 12.8 Å². The summed E-state index contributed by atoms with van der Waals surface area (Å²) in [7, 11) is -1.78. The van der Waals surface area contributed by atoms with Gasteiger partial charge in [-0.2, -0.15) is 4.31 Å². The molecule has 0 heterocycles. The fourth-order valence-electron chi connectivity index (χ4n) is 3.01. The molecule has 1 saturated carbocycles. The molecule has 4 nitrogen and oxygen atoms in total. The first kappa shape index (κ1) is 16.3. The number of nitrogens with two attached hydrogens (primary N) is 1. The van der Waals surface area contributed by atoms with Gasteiger partial charge in [0.25, 0.3) is 0 Å². The highest BCUT2D eigenvalue weighted by atomic mass is 32.2. The summed E-state index contributed by atoms with van der Waals surface area (Å²) in [6.45, 7) is 6.26. The molecule has 0 unspecified atom stereocenters. The Hall–Kier alpha value is -1.07. The Morgan fingerprint density at radius 2 is 1.81 bits per heavy atom. The van der Waals surface area contributed by atoms with Gasteiger partial charge < -0.3 is 5.73 Å². The first-order valence-electron chi connectivity index (χ1n) is 7.48. The van der Waals surface area contributed by atoms with Gasteiger partial charge in [-0.1, -0.05) is 19.9 Å². The minimum Gasteiger partial charge on any atom is -0.398 e. The minimum atomic E-state index is -3.48. The van der Waals surface area contributed by atoms with Crippen LogP contribution in [0.1, 0.15) is 45.1 Å². The van der Waals surface area contributed by atoms with E-state index in [1.54, 1.807) is 36.5 Å². The number of benzene rings is 1. The summed E-state index contributed by atoms with van der Waals surface area (Å²) in [4.78, 5) is 0.329. The summed E-state index contributed by atoms with van der Waals surface area (Å²) in [6, 6.07) is 5.17. The molecule has 5 heteroatoms. The van der Waals surface area contributed by atoms with Crippen LogP contribution in [-0.2, 0) is 10.0 Å². The monoisotopic (exact) mass is 310 g/mol. The van der Waals surface area contributed by atoms with Gasteiger partial charge in [-0.3, -0.25) is 0 Å². The summed E-state index contributed by atoms with van der Waals surface area (Å²) in [5.41, 5.74) is 7.34. The Balaban J connectivity index is 2.26. The number of sulfonamides is 1. The van der Waals surface area contributed by atoms with Crippen molar-refractivity contribution >= 4 is 15.7 Å². The fraction of sp³-hybridized carbons (Fsp3) is 0.625. The van der Waals surface area contributed by atoms with Crippen LogP contribution in [-0.4, -0.2) is 25.8 Å². The lowest BCUT2D eigenvalue weighted by molar-refractivity contribution is 0.174. The van der Waals surface area contributed by atoms with Crippen molar-refractivity contribution in [2.24, 2.45) is 5.41 Å². The average molecular weight is 310 g/mol. The third-order valence-electron chi connectivity index (χ3n) is 4.81. The average Bonchev–Trinajstić information content (AvgIpc) is 2.41. The Morgan fingerprint density at radius 3 is 2.38 bits per heavy atom. The van der Waals surface area contributed by atoms with Gasteiger partial charge in [0.2, 0.25) is 10.0 Å². The third-order valence-corrected chi connectivity index (χ3v) is 6.86. The number of nitrogen functional groups attached to an aromatic ring is 1. The van der Waals surface area contributed by atoms with Crippen molar-refractivity contribution in [3.8, 4) is 0 Å². The van der Waals surface area contributed by atoms with Crippen LogP contribution < -0.4 is 5.73 Å². The van der Waals surface area contributed by atoms with Gasteiger partial charge in [0.1, 0.15) is 0 Å². The first-order chi connectivity index (χ1) is 9.65. The summed E-state index contributed by atoms with van der Waals surface area (Å²) in [6.07, 6.45) is 3.97. The van der Waals surface area contributed by atoms with Gasteiger partial charge in [0.05, 0.1) is 4.90 Å². The quantitative estimate of drug-likeness (QED) is 0.872. The summed E-state index contributed by atoms with van der Waals surface area (Å²) in [5.74, 6) is 0. The number of hydrogen-bond acceptors (Lipinski definition) is 3. The zero-order chi connectivity index (χ0) is 15.8. The zero-order valence-electron chi connectivity index (χ0n) is 13.4. The highest BCUT2D eigenvalue weighted by molar-refractivity contribution is 7.89. The van der Waals surface area contributed by atoms with E-state index < -0.39 is 10.0 Å². The first-order valence-corrected chi connectivity index (χ1v) is 8.92. The molecular formula is C16H26N2O2S. The lowest BCUT2D eigenvalue weighted by Crippen LogP contribution is -2.41. The molecule has 0 aliphatic heterocycles. The Kier molecular flexibility index (Phi) is 4.36. The molecule has 1 aromatic carbocycles. The van der Waals surface area contributed by atoms with E-state index in [1.807, 2.05) is 0 Å². The summed E-state index contributed by atoms with van der Waals surface area (Å²) < 4.78 is 27.2. The second-order valence-electron chi connectivity index (χ2n) is 6.89. The van der Waals surface area contributed by atoms with E-state index in [4.69, 9.17) is 5.73 Å². The maximum Gasteiger partial charge on any atom is 0.243 e. The van der Waals surface area contributed by atoms with Crippen LogP contribution in [0.2, 0.25) is 0 Å². The lowest BCUT2D eigenvalue weighted by atomic mass is 9.76. The molecule has 2 N–H and O–H groups in total. The van der Waals surface area contributed by atoms with Crippen LogP contribution in [0.25, 0.3) is 0 Å². The van der Waals surface area contributed by atoms with Crippen LogP contribution >= 0.6 is 0 Å². The summed E-state index contributed by atoms with van der Waals surface area (Å²) >= 11 is 0. The Morgan fingerprint density at radius 1 is 1.24 bits per heavy atom. The predicted octanol–water partition coefficient (Wildman–Crippen LogP) is 3.17. The molecule has 1 aromatic rings. The smallest absolute Gasteiger partial charge is 0.243 e. The molecule has 0 saturated heterocycles. The molecule has 1 aliphatic carbocycles. The van der Waals surface area contributed by atoms with E-state index in [0.29, 0.717) is 21.6 Å². The molecule has 0 radical (unpaired) electrons. The van der Waals surface area contributed by atoms with Crippen molar-refractivity contribution in [2.45, 2.75) is 57.4 Å². The van der Waals surface area contributed by atoms with Crippen molar-refractivity contribution in [1.29, 1.82) is 0 Å². The van der Waals surface area contributed by atoms with E-state index >= 15 is 0 Å². The Bertz CT molecular complexity index is 613. The largest absolute Gasteiger partial charge is 0.398 e. The molecule has 118 valence electrons. The van der Waals surface area contributed by atoms with Crippen molar-refractivity contribution in [3.63, 3.8) is 0 Å². The maximum absolute atomic E-state index is 12.8. The molecule has 1 fully saturated rings. The van der Waals surface area contributed by atoms with Crippen molar-refractivity contribution in [1.82, 2.24) is 4.31 Å². The zero-order valence-corrected chi connectivity index (χ0v) is 14.2. The Labute approximate surface area is 128 Å². The second kappa shape index (κ2) is 5.61. The van der Waals surface area contributed by atoms with Crippen LogP contribution in [0.3, 0.4) is 0 Å². The van der Waals surface area contributed by atoms with Gasteiger partial charge >= 0.3 is 0 Å². The SMILES string of the molecule is Cc1c(N)cccc1S(=O)(=O)N(C)C1CCC(C)(C)CC1. The highest BCUT2D eigenvalue weighted by Gasteiger charge is 2.34. The van der Waals surface area contributed by atoms with Crippen molar-refractivity contribution < 1.29 is 8.42 Å². The van der Waals surface area contributed by atoms with E-state index in [2.05, 4.69) is 13.8 Å². The number of nitrogens with zero attached hydrogens (tertiary/aromatic N) is 1. The second-order valence-corrected chi connectivity index (χ2v) is 8.85. The highest BCUT2D eigenvalue weighted by Crippen LogP contribution is 2.38. The van der Waals surface area contributed by atoms with Crippen LogP contribution in [0.15, 0.2) is 23.1 Å². The third kappa shape index (κ3) is 3.24. The number of hydrogen-bond donors (Lipinski definition) is 1. The fourth-order valence-corrected chi connectivity index (χ4v) is 4.68. The van der Waals surface area contributed by atoms with Gasteiger partial charge in [0.15, 0.2) is 0 Å². The van der Waals surface area contributed by atoms with Crippen molar-refractivity contribution in [3.05, 3.63) is 23.8 Å². The molecule has 0 bridgehead atoms. The van der Waals surface area contributed by atoms with E-state index in [-0.39, 0.29) is 6.04 Å². The summed E-state index contributed by atoms with van der Waals surface area (Å²) in [5, 5.41) is 0. The molecule has 2 rings (SSSR count). The van der Waals surface area contributed by atoms with Gasteiger partial charge in [-0.25, -0.2) is 8.42 Å². The minimum absolute atomic E-state index is 0.0869. The van der Waals surface area contributed by atoms with Gasteiger partial charge in [-0.05, 0) is 55.7 Å². The molecule has 0 aromatic heterocycles. The number of anilines is 1. The van der Waals surface area contributed by atoms with E-state index in [1.165, 1.54) is 0 Å². The van der Waals surface area contributed by atoms with E-state index in [9.17, 15) is 8.42 Å². The number of rotatable bonds is 3. The van der Waals surface area contributed by atoms with E-state index in [0.717, 1.165) is 25.7 Å². The molecule has 1 aliphatic rings. The molecule has 0 atom stereocenters. The molecule has 0 amide bonds. The maximum atomic E-state index is 12.8. The van der Waals surface area contributed by atoms with Crippen LogP contribution in [0, 0.1) is 12.3 Å². The van der Waals surface area contributed by atoms with Gasteiger partial charge in [-0.15, -0.1) is 0 Å². The topological polar surface area (TPSA) is 63.4 Å².